The van der Waals surface area contributed by atoms with Crippen LogP contribution in [-0.4, -0.2) is 15.0 Å². The fourth-order valence-electron chi connectivity index (χ4n) is 1.10. The molecule has 2 rings (SSSR count). The van der Waals surface area contributed by atoms with Gasteiger partial charge in [0.05, 0.1) is 0 Å². The number of aromatic nitrogens is 3. The van der Waals surface area contributed by atoms with Crippen LogP contribution in [0.5, 0.6) is 0 Å². The molecule has 2 aromatic heterocycles. The van der Waals surface area contributed by atoms with E-state index < -0.39 is 0 Å². The van der Waals surface area contributed by atoms with Gasteiger partial charge in [-0.3, -0.25) is 0 Å². The summed E-state index contributed by atoms with van der Waals surface area (Å²) in [5, 5.41) is 11.3. The summed E-state index contributed by atoms with van der Waals surface area (Å²) in [6, 6.07) is 3.68. The SMILES string of the molecule is Cc1cc(C#N)nc(Sc2nc(C)cs2)n1. The highest BCUT2D eigenvalue weighted by atomic mass is 32.2. The summed E-state index contributed by atoms with van der Waals surface area (Å²) in [5.74, 6) is 0. The first-order valence-corrected chi connectivity index (χ1v) is 6.23. The van der Waals surface area contributed by atoms with Crippen LogP contribution in [0.3, 0.4) is 0 Å². The van der Waals surface area contributed by atoms with Crippen molar-refractivity contribution in [2.45, 2.75) is 23.3 Å². The zero-order valence-corrected chi connectivity index (χ0v) is 10.4. The van der Waals surface area contributed by atoms with Gasteiger partial charge in [0, 0.05) is 16.8 Å². The Balaban J connectivity index is 2.28. The largest absolute Gasteiger partial charge is 0.235 e. The van der Waals surface area contributed by atoms with Crippen LogP contribution in [-0.2, 0) is 0 Å². The molecule has 80 valence electrons. The van der Waals surface area contributed by atoms with Gasteiger partial charge in [-0.1, -0.05) is 0 Å². The molecule has 0 unspecified atom stereocenters. The average Bonchev–Trinajstić information content (AvgIpc) is 2.63. The fraction of sp³-hybridized carbons (Fsp3) is 0.200. The summed E-state index contributed by atoms with van der Waals surface area (Å²) in [5.41, 5.74) is 2.17. The Morgan fingerprint density at radius 3 is 2.69 bits per heavy atom. The summed E-state index contributed by atoms with van der Waals surface area (Å²) in [7, 11) is 0. The van der Waals surface area contributed by atoms with E-state index in [4.69, 9.17) is 5.26 Å². The molecule has 0 saturated heterocycles. The predicted molar refractivity (Wildman–Crippen MR) is 62.5 cm³/mol. The lowest BCUT2D eigenvalue weighted by atomic mass is 10.4. The molecule has 0 aliphatic heterocycles. The minimum Gasteiger partial charge on any atom is -0.235 e. The van der Waals surface area contributed by atoms with Gasteiger partial charge in [-0.15, -0.1) is 11.3 Å². The molecule has 0 bridgehead atoms. The van der Waals surface area contributed by atoms with Crippen molar-refractivity contribution in [3.05, 3.63) is 28.5 Å². The molecule has 0 saturated carbocycles. The van der Waals surface area contributed by atoms with E-state index in [-0.39, 0.29) is 0 Å². The van der Waals surface area contributed by atoms with Crippen molar-refractivity contribution in [3.63, 3.8) is 0 Å². The van der Waals surface area contributed by atoms with E-state index in [9.17, 15) is 0 Å². The van der Waals surface area contributed by atoms with Gasteiger partial charge in [-0.25, -0.2) is 15.0 Å². The molecule has 0 fully saturated rings. The first-order chi connectivity index (χ1) is 7.67. The number of rotatable bonds is 2. The minimum atomic E-state index is 0.392. The van der Waals surface area contributed by atoms with E-state index in [2.05, 4.69) is 15.0 Å². The number of nitrogens with zero attached hydrogens (tertiary/aromatic N) is 4. The van der Waals surface area contributed by atoms with Crippen LogP contribution in [0.15, 0.2) is 20.9 Å². The van der Waals surface area contributed by atoms with Crippen LogP contribution in [0, 0.1) is 25.2 Å². The maximum Gasteiger partial charge on any atom is 0.196 e. The molecular weight excluding hydrogens is 240 g/mol. The van der Waals surface area contributed by atoms with Crippen LogP contribution in [0.25, 0.3) is 0 Å². The molecule has 0 N–H and O–H groups in total. The molecule has 2 heterocycles. The second-order valence-electron chi connectivity index (χ2n) is 3.15. The number of nitriles is 1. The highest BCUT2D eigenvalue weighted by molar-refractivity contribution is 8.00. The van der Waals surface area contributed by atoms with Gasteiger partial charge in [-0.2, -0.15) is 5.26 Å². The third-order valence-corrected chi connectivity index (χ3v) is 3.65. The third-order valence-electron chi connectivity index (χ3n) is 1.72. The van der Waals surface area contributed by atoms with E-state index in [1.165, 1.54) is 11.8 Å². The second-order valence-corrected chi connectivity index (χ2v) is 5.22. The lowest BCUT2D eigenvalue weighted by Crippen LogP contribution is -1.93. The quantitative estimate of drug-likeness (QED) is 0.764. The lowest BCUT2D eigenvalue weighted by Gasteiger charge is -1.98. The first-order valence-electron chi connectivity index (χ1n) is 4.53. The van der Waals surface area contributed by atoms with Crippen molar-refractivity contribution in [2.24, 2.45) is 0 Å². The van der Waals surface area contributed by atoms with Crippen LogP contribution in [0.4, 0.5) is 0 Å². The van der Waals surface area contributed by atoms with Gasteiger partial charge in [0.2, 0.25) is 0 Å². The second kappa shape index (κ2) is 4.60. The van der Waals surface area contributed by atoms with E-state index >= 15 is 0 Å². The van der Waals surface area contributed by atoms with Gasteiger partial charge < -0.3 is 0 Å². The van der Waals surface area contributed by atoms with Crippen molar-refractivity contribution in [3.8, 4) is 6.07 Å². The highest BCUT2D eigenvalue weighted by Gasteiger charge is 2.06. The molecule has 4 nitrogen and oxygen atoms in total. The summed E-state index contributed by atoms with van der Waals surface area (Å²) in [6.45, 7) is 3.79. The topological polar surface area (TPSA) is 62.5 Å². The zero-order chi connectivity index (χ0) is 11.5. The summed E-state index contributed by atoms with van der Waals surface area (Å²) < 4.78 is 0.895. The molecule has 0 atom stereocenters. The van der Waals surface area contributed by atoms with E-state index in [0.29, 0.717) is 10.9 Å². The normalized spacial score (nSPS) is 10.1. The maximum atomic E-state index is 8.79. The Labute approximate surface area is 101 Å². The maximum absolute atomic E-state index is 8.79. The fourth-order valence-corrected chi connectivity index (χ4v) is 2.86. The van der Waals surface area contributed by atoms with Crippen molar-refractivity contribution in [1.82, 2.24) is 15.0 Å². The summed E-state index contributed by atoms with van der Waals surface area (Å²) in [6.07, 6.45) is 0. The lowest BCUT2D eigenvalue weighted by molar-refractivity contribution is 0.918. The zero-order valence-electron chi connectivity index (χ0n) is 8.76. The minimum absolute atomic E-state index is 0.392. The molecule has 0 amide bonds. The van der Waals surface area contributed by atoms with Gasteiger partial charge in [0.1, 0.15) is 11.8 Å². The van der Waals surface area contributed by atoms with Crippen LogP contribution < -0.4 is 0 Å². The Morgan fingerprint density at radius 2 is 2.06 bits per heavy atom. The van der Waals surface area contributed by atoms with Crippen molar-refractivity contribution >= 4 is 23.1 Å². The van der Waals surface area contributed by atoms with Crippen molar-refractivity contribution < 1.29 is 0 Å². The first kappa shape index (κ1) is 11.0. The third kappa shape index (κ3) is 2.56. The van der Waals surface area contributed by atoms with E-state index in [1.54, 1.807) is 17.4 Å². The van der Waals surface area contributed by atoms with Gasteiger partial charge in [0.15, 0.2) is 9.50 Å². The van der Waals surface area contributed by atoms with E-state index in [1.807, 2.05) is 25.3 Å². The standard InChI is InChI=1S/C10H8N4S2/c1-6-3-8(4-11)14-9(12-6)16-10-13-7(2)5-15-10/h3,5H,1-2H3. The number of aryl methyl sites for hydroxylation is 2. The van der Waals surface area contributed by atoms with Crippen molar-refractivity contribution in [2.75, 3.05) is 0 Å². The Hall–Kier alpha value is -1.45. The smallest absolute Gasteiger partial charge is 0.196 e. The van der Waals surface area contributed by atoms with Crippen LogP contribution in [0.1, 0.15) is 17.1 Å². The number of hydrogen-bond acceptors (Lipinski definition) is 6. The van der Waals surface area contributed by atoms with E-state index in [0.717, 1.165) is 15.7 Å². The predicted octanol–water partition coefficient (Wildman–Crippen LogP) is 2.57. The summed E-state index contributed by atoms with van der Waals surface area (Å²) >= 11 is 2.94. The van der Waals surface area contributed by atoms with Crippen molar-refractivity contribution in [1.29, 1.82) is 5.26 Å². The number of thiazole rings is 1. The Bertz CT molecular complexity index is 556. The molecule has 6 heteroatoms. The summed E-state index contributed by atoms with van der Waals surface area (Å²) in [4.78, 5) is 12.7. The Kier molecular flexibility index (Phi) is 3.17. The van der Waals surface area contributed by atoms with Gasteiger partial charge >= 0.3 is 0 Å². The Morgan fingerprint density at radius 1 is 1.25 bits per heavy atom. The molecule has 0 aliphatic rings. The molecule has 0 radical (unpaired) electrons. The highest BCUT2D eigenvalue weighted by Crippen LogP contribution is 2.27. The van der Waals surface area contributed by atoms with Crippen LogP contribution in [0.2, 0.25) is 0 Å². The molecule has 2 aromatic rings. The molecule has 16 heavy (non-hydrogen) atoms. The molecular formula is C10H8N4S2. The monoisotopic (exact) mass is 248 g/mol. The molecule has 0 aliphatic carbocycles. The number of hydrogen-bond donors (Lipinski definition) is 0. The average molecular weight is 248 g/mol. The molecule has 0 spiro atoms. The molecule has 0 aromatic carbocycles. The van der Waals surface area contributed by atoms with Gasteiger partial charge in [0.25, 0.3) is 0 Å². The van der Waals surface area contributed by atoms with Gasteiger partial charge in [-0.05, 0) is 31.7 Å². The van der Waals surface area contributed by atoms with Crippen LogP contribution >= 0.6 is 23.1 Å².